The van der Waals surface area contributed by atoms with E-state index in [1.54, 1.807) is 43.5 Å². The summed E-state index contributed by atoms with van der Waals surface area (Å²) in [6.45, 7) is -0.196. The molecule has 0 atom stereocenters. The molecule has 0 spiro atoms. The molecule has 4 rings (SSSR count). The van der Waals surface area contributed by atoms with Gasteiger partial charge in [-0.2, -0.15) is 4.31 Å². The van der Waals surface area contributed by atoms with Crippen LogP contribution in [0.4, 0.5) is 4.79 Å². The van der Waals surface area contributed by atoms with Crippen LogP contribution in [0, 0.1) is 0 Å². The lowest BCUT2D eigenvalue weighted by Gasteiger charge is -2.22. The quantitative estimate of drug-likeness (QED) is 0.492. The molecule has 0 N–H and O–H groups in total. The third-order valence-corrected chi connectivity index (χ3v) is 7.34. The molecule has 0 heterocycles. The van der Waals surface area contributed by atoms with Crippen molar-refractivity contribution in [2.24, 2.45) is 0 Å². The van der Waals surface area contributed by atoms with Crippen molar-refractivity contribution in [1.82, 2.24) is 4.31 Å². The minimum atomic E-state index is -4.19. The van der Waals surface area contributed by atoms with Crippen LogP contribution in [0.3, 0.4) is 0 Å². The van der Waals surface area contributed by atoms with Crippen molar-refractivity contribution in [1.29, 1.82) is 0 Å². The van der Waals surface area contributed by atoms with Crippen LogP contribution in [-0.2, 0) is 29.4 Å². The maximum Gasteiger partial charge on any atom is 0.429 e. The van der Waals surface area contributed by atoms with Gasteiger partial charge in [-0.25, -0.2) is 13.2 Å². The fourth-order valence-corrected chi connectivity index (χ4v) is 5.05. The van der Waals surface area contributed by atoms with Crippen molar-refractivity contribution >= 4 is 27.7 Å². The number of methoxy groups -OCH3 is 1. The van der Waals surface area contributed by atoms with Crippen LogP contribution in [0.15, 0.2) is 71.6 Å². The molecule has 8 heteroatoms. The van der Waals surface area contributed by atoms with Gasteiger partial charge in [-0.15, -0.1) is 0 Å². The van der Waals surface area contributed by atoms with Gasteiger partial charge in [0.15, 0.2) is 0 Å². The van der Waals surface area contributed by atoms with Gasteiger partial charge >= 0.3 is 6.09 Å². The first kappa shape index (κ1) is 22.2. The van der Waals surface area contributed by atoms with E-state index in [-0.39, 0.29) is 11.4 Å². The highest BCUT2D eigenvalue weighted by Gasteiger charge is 2.31. The first-order chi connectivity index (χ1) is 15.4. The fourth-order valence-electron chi connectivity index (χ4n) is 3.64. The second-order valence-corrected chi connectivity index (χ2v) is 9.76. The zero-order valence-corrected chi connectivity index (χ0v) is 19.0. The van der Waals surface area contributed by atoms with Gasteiger partial charge in [-0.3, -0.25) is 0 Å². The average Bonchev–Trinajstić information content (AvgIpc) is 3.26. The van der Waals surface area contributed by atoms with Crippen LogP contribution < -0.4 is 9.47 Å². The first-order valence-electron chi connectivity index (χ1n) is 10.1. The number of sulfonamides is 1. The molecule has 0 bridgehead atoms. The largest absolute Gasteiger partial charge is 0.497 e. The number of benzene rings is 3. The van der Waals surface area contributed by atoms with Crippen LogP contribution in [0.1, 0.15) is 23.1 Å². The van der Waals surface area contributed by atoms with Crippen molar-refractivity contribution < 1.29 is 22.7 Å². The van der Waals surface area contributed by atoms with Gasteiger partial charge in [0.25, 0.3) is 10.0 Å². The lowest BCUT2D eigenvalue weighted by atomic mass is 10.1. The van der Waals surface area contributed by atoms with Crippen LogP contribution in [0.5, 0.6) is 11.5 Å². The molecule has 0 aromatic heterocycles. The summed E-state index contributed by atoms with van der Waals surface area (Å²) in [6, 6.07) is 17.9. The fraction of sp³-hybridized carbons (Fsp3) is 0.208. The van der Waals surface area contributed by atoms with Crippen molar-refractivity contribution in [3.63, 3.8) is 0 Å². The Morgan fingerprint density at radius 3 is 2.28 bits per heavy atom. The molecule has 32 heavy (non-hydrogen) atoms. The molecule has 3 aromatic rings. The second-order valence-electron chi connectivity index (χ2n) is 7.47. The van der Waals surface area contributed by atoms with Gasteiger partial charge in [0.2, 0.25) is 0 Å². The van der Waals surface area contributed by atoms with Crippen molar-refractivity contribution in [2.75, 3.05) is 7.11 Å². The molecule has 1 aliphatic rings. The van der Waals surface area contributed by atoms with E-state index in [0.717, 1.165) is 29.1 Å². The number of hydrogen-bond donors (Lipinski definition) is 0. The standard InChI is InChI=1S/C24H22ClNO5S/c1-30-21-10-5-17(6-11-21)16-26(32(28,29)23-13-8-20(25)9-14-23)24(27)31-22-12-7-18-3-2-4-19(18)15-22/h5-15H,2-4,16H2,1H3. The Morgan fingerprint density at radius 1 is 0.938 bits per heavy atom. The van der Waals surface area contributed by atoms with E-state index >= 15 is 0 Å². The van der Waals surface area contributed by atoms with E-state index in [1.807, 2.05) is 6.07 Å². The SMILES string of the molecule is COc1ccc(CN(C(=O)Oc2ccc3c(c2)CCC3)S(=O)(=O)c2ccc(Cl)cc2)cc1. The van der Waals surface area contributed by atoms with Crippen molar-refractivity contribution in [3.05, 3.63) is 88.4 Å². The molecular formula is C24H22ClNO5S. The number of nitrogens with zero attached hydrogens (tertiary/aromatic N) is 1. The summed E-state index contributed by atoms with van der Waals surface area (Å²) in [7, 11) is -2.65. The Kier molecular flexibility index (Phi) is 6.39. The molecule has 0 fully saturated rings. The number of hydrogen-bond acceptors (Lipinski definition) is 5. The van der Waals surface area contributed by atoms with Crippen LogP contribution in [-0.4, -0.2) is 25.9 Å². The third-order valence-electron chi connectivity index (χ3n) is 5.37. The summed E-state index contributed by atoms with van der Waals surface area (Å²) in [5.41, 5.74) is 2.96. The third kappa shape index (κ3) is 4.74. The van der Waals surface area contributed by atoms with E-state index in [9.17, 15) is 13.2 Å². The van der Waals surface area contributed by atoms with E-state index < -0.39 is 16.1 Å². The maximum atomic E-state index is 13.3. The highest BCUT2D eigenvalue weighted by molar-refractivity contribution is 7.89. The van der Waals surface area contributed by atoms with E-state index in [1.165, 1.54) is 29.8 Å². The van der Waals surface area contributed by atoms with E-state index in [0.29, 0.717) is 22.1 Å². The monoisotopic (exact) mass is 471 g/mol. The number of fused-ring (bicyclic) bond motifs is 1. The summed E-state index contributed by atoms with van der Waals surface area (Å²) in [6.07, 6.45) is 1.99. The Bertz CT molecular complexity index is 1220. The van der Waals surface area contributed by atoms with Crippen molar-refractivity contribution in [2.45, 2.75) is 30.7 Å². The number of amides is 1. The lowest BCUT2D eigenvalue weighted by Crippen LogP contribution is -2.38. The Balaban J connectivity index is 1.65. The summed E-state index contributed by atoms with van der Waals surface area (Å²) < 4.78 is 38.1. The molecule has 1 aliphatic carbocycles. The van der Waals surface area contributed by atoms with E-state index in [2.05, 4.69) is 0 Å². The maximum absolute atomic E-state index is 13.3. The van der Waals surface area contributed by atoms with Gasteiger partial charge in [0.1, 0.15) is 11.5 Å². The van der Waals surface area contributed by atoms with Crippen molar-refractivity contribution in [3.8, 4) is 11.5 Å². The number of ether oxygens (including phenoxy) is 2. The van der Waals surface area contributed by atoms with Gasteiger partial charge in [-0.05, 0) is 84.5 Å². The first-order valence-corrected chi connectivity index (χ1v) is 11.9. The van der Waals surface area contributed by atoms with Crippen LogP contribution in [0.2, 0.25) is 5.02 Å². The summed E-state index contributed by atoms with van der Waals surface area (Å²) in [5, 5.41) is 0.395. The molecule has 0 saturated heterocycles. The molecule has 0 saturated carbocycles. The van der Waals surface area contributed by atoms with Gasteiger partial charge in [0.05, 0.1) is 18.6 Å². The highest BCUT2D eigenvalue weighted by Crippen LogP contribution is 2.28. The minimum Gasteiger partial charge on any atom is -0.497 e. The molecule has 3 aromatic carbocycles. The Hall–Kier alpha value is -3.03. The molecule has 166 valence electrons. The molecule has 0 aliphatic heterocycles. The average molecular weight is 472 g/mol. The Morgan fingerprint density at radius 2 is 1.59 bits per heavy atom. The van der Waals surface area contributed by atoms with E-state index in [4.69, 9.17) is 21.1 Å². The topological polar surface area (TPSA) is 72.9 Å². The zero-order valence-electron chi connectivity index (χ0n) is 17.5. The second kappa shape index (κ2) is 9.22. The molecule has 1 amide bonds. The minimum absolute atomic E-state index is 0.0543. The Labute approximate surface area is 192 Å². The predicted octanol–water partition coefficient (Wildman–Crippen LogP) is 5.23. The normalized spacial score (nSPS) is 12.8. The van der Waals surface area contributed by atoms with Crippen LogP contribution in [0.25, 0.3) is 0 Å². The van der Waals surface area contributed by atoms with Crippen LogP contribution >= 0.6 is 11.6 Å². The smallest absolute Gasteiger partial charge is 0.429 e. The number of rotatable bonds is 6. The molecule has 0 unspecified atom stereocenters. The van der Waals surface area contributed by atoms with Gasteiger partial charge < -0.3 is 9.47 Å². The summed E-state index contributed by atoms with van der Waals surface area (Å²) in [5.74, 6) is 0.947. The number of halogens is 1. The lowest BCUT2D eigenvalue weighted by molar-refractivity contribution is 0.177. The zero-order chi connectivity index (χ0) is 22.7. The van der Waals surface area contributed by atoms with Gasteiger partial charge in [-0.1, -0.05) is 29.8 Å². The molecule has 0 radical (unpaired) electrons. The molecular weight excluding hydrogens is 450 g/mol. The summed E-state index contributed by atoms with van der Waals surface area (Å²) >= 11 is 5.90. The number of carbonyl (C=O) groups excluding carboxylic acids is 1. The molecule has 6 nitrogen and oxygen atoms in total. The predicted molar refractivity (Wildman–Crippen MR) is 122 cm³/mol. The summed E-state index contributed by atoms with van der Waals surface area (Å²) in [4.78, 5) is 13.0. The number of carbonyl (C=O) groups is 1. The highest BCUT2D eigenvalue weighted by atomic mass is 35.5. The van der Waals surface area contributed by atoms with Gasteiger partial charge in [0, 0.05) is 5.02 Å². The number of aryl methyl sites for hydroxylation is 2.